The summed E-state index contributed by atoms with van der Waals surface area (Å²) in [5.74, 6) is 3.99. The maximum absolute atomic E-state index is 12.6. The van der Waals surface area contributed by atoms with Crippen LogP contribution in [0, 0.1) is 11.5 Å². The van der Waals surface area contributed by atoms with Gasteiger partial charge in [-0.1, -0.05) is 59.2 Å². The van der Waals surface area contributed by atoms with Gasteiger partial charge in [0.15, 0.2) is 10.8 Å². The van der Waals surface area contributed by atoms with E-state index in [0.29, 0.717) is 39.9 Å². The fourth-order valence-electron chi connectivity index (χ4n) is 4.97. The maximum atomic E-state index is 12.6. The molecule has 0 bridgehead atoms. The fourth-order valence-corrected chi connectivity index (χ4v) is 10.5. The topological polar surface area (TPSA) is 77.4 Å². The molecule has 0 N–H and O–H groups in total. The maximum Gasteiger partial charge on any atom is 0.416 e. The van der Waals surface area contributed by atoms with E-state index in [2.05, 4.69) is 63.0 Å². The molecule has 9 heteroatoms. The summed E-state index contributed by atoms with van der Waals surface area (Å²) >= 11 is 1.45. The minimum absolute atomic E-state index is 0.245. The van der Waals surface area contributed by atoms with E-state index in [1.165, 1.54) is 11.8 Å². The number of nitrogens with zero attached hydrogens (tertiary/aromatic N) is 4. The van der Waals surface area contributed by atoms with E-state index >= 15 is 0 Å². The third kappa shape index (κ3) is 4.88. The minimum Gasteiger partial charge on any atom is -0.447 e. The van der Waals surface area contributed by atoms with E-state index in [1.807, 2.05) is 12.3 Å². The SMILES string of the molecule is COCC1COC(=O)N1c1cc(C#C[Si](C(C)C)(C(C)C)C(C)C)c2cnc(SC)nc2n1. The summed E-state index contributed by atoms with van der Waals surface area (Å²) in [7, 11) is -0.347. The number of thioether (sulfide) groups is 1. The Morgan fingerprint density at radius 2 is 1.88 bits per heavy atom. The lowest BCUT2D eigenvalue weighted by atomic mass is 10.2. The molecule has 1 fully saturated rings. The molecule has 7 nitrogen and oxygen atoms in total. The lowest BCUT2D eigenvalue weighted by Gasteiger charge is -2.38. The van der Waals surface area contributed by atoms with E-state index in [4.69, 9.17) is 14.5 Å². The van der Waals surface area contributed by atoms with Crippen molar-refractivity contribution in [2.24, 2.45) is 0 Å². The van der Waals surface area contributed by atoms with Crippen LogP contribution in [0.3, 0.4) is 0 Å². The average molecular weight is 487 g/mol. The van der Waals surface area contributed by atoms with Gasteiger partial charge in [-0.25, -0.2) is 19.7 Å². The van der Waals surface area contributed by atoms with Crippen LogP contribution in [-0.2, 0) is 9.47 Å². The van der Waals surface area contributed by atoms with Gasteiger partial charge in [0.2, 0.25) is 0 Å². The van der Waals surface area contributed by atoms with Gasteiger partial charge in [-0.3, -0.25) is 4.90 Å². The summed E-state index contributed by atoms with van der Waals surface area (Å²) in [4.78, 5) is 27.9. The van der Waals surface area contributed by atoms with Crippen molar-refractivity contribution in [1.29, 1.82) is 0 Å². The van der Waals surface area contributed by atoms with Crippen LogP contribution in [0.25, 0.3) is 11.0 Å². The van der Waals surface area contributed by atoms with Crippen LogP contribution >= 0.6 is 11.8 Å². The number of methoxy groups -OCH3 is 1. The van der Waals surface area contributed by atoms with Crippen molar-refractivity contribution in [3.8, 4) is 11.5 Å². The Hall–Kier alpha value is -2.15. The smallest absolute Gasteiger partial charge is 0.416 e. The Labute approximate surface area is 202 Å². The number of hydrogen-bond donors (Lipinski definition) is 0. The highest BCUT2D eigenvalue weighted by molar-refractivity contribution is 7.98. The highest BCUT2D eigenvalue weighted by Crippen LogP contribution is 2.41. The molecule has 0 radical (unpaired) electrons. The van der Waals surface area contributed by atoms with Crippen LogP contribution in [0.2, 0.25) is 16.6 Å². The van der Waals surface area contributed by atoms with Crippen LogP contribution in [0.1, 0.15) is 47.1 Å². The van der Waals surface area contributed by atoms with Crippen LogP contribution in [0.5, 0.6) is 0 Å². The fraction of sp³-hybridized carbons (Fsp3) is 0.583. The van der Waals surface area contributed by atoms with E-state index in [-0.39, 0.29) is 12.6 Å². The lowest BCUT2D eigenvalue weighted by Crippen LogP contribution is -2.43. The highest BCUT2D eigenvalue weighted by Gasteiger charge is 2.42. The predicted molar refractivity (Wildman–Crippen MR) is 137 cm³/mol. The Morgan fingerprint density at radius 1 is 1.21 bits per heavy atom. The summed E-state index contributed by atoms with van der Waals surface area (Å²) in [5, 5.41) is 1.41. The molecule has 0 spiro atoms. The third-order valence-corrected chi connectivity index (χ3v) is 13.4. The summed E-state index contributed by atoms with van der Waals surface area (Å²) in [6, 6.07) is 1.62. The number of carbonyl (C=O) groups is 1. The second kappa shape index (κ2) is 10.4. The molecule has 0 saturated carbocycles. The summed E-state index contributed by atoms with van der Waals surface area (Å²) in [6.07, 6.45) is 3.27. The van der Waals surface area contributed by atoms with Crippen molar-refractivity contribution < 1.29 is 14.3 Å². The van der Waals surface area contributed by atoms with E-state index in [1.54, 1.807) is 18.2 Å². The number of aromatic nitrogens is 3. The molecule has 1 amide bonds. The first kappa shape index (κ1) is 25.5. The first-order chi connectivity index (χ1) is 15.6. The van der Waals surface area contributed by atoms with Gasteiger partial charge < -0.3 is 9.47 Å². The lowest BCUT2D eigenvalue weighted by molar-refractivity contribution is 0.156. The van der Waals surface area contributed by atoms with Crippen molar-refractivity contribution in [2.75, 3.05) is 31.5 Å². The van der Waals surface area contributed by atoms with Gasteiger partial charge in [0, 0.05) is 18.9 Å². The standard InChI is InChI=1S/C24H34N4O3SSi/c1-15(2)33(16(3)4,17(5)6)10-9-18-11-21(28-19(13-30-7)14-31-24(28)29)26-22-20(18)12-25-23(27-22)32-8/h11-12,15-17,19H,13-14H2,1-8H3. The van der Waals surface area contributed by atoms with Crippen LogP contribution in [0.4, 0.5) is 10.6 Å². The highest BCUT2D eigenvalue weighted by atomic mass is 32.2. The molecule has 1 atom stereocenters. The predicted octanol–water partition coefficient (Wildman–Crippen LogP) is 5.29. The largest absolute Gasteiger partial charge is 0.447 e. The van der Waals surface area contributed by atoms with Crippen LogP contribution in [0.15, 0.2) is 17.4 Å². The molecule has 1 saturated heterocycles. The second-order valence-corrected chi connectivity index (χ2v) is 15.7. The Morgan fingerprint density at radius 3 is 2.45 bits per heavy atom. The van der Waals surface area contributed by atoms with Gasteiger partial charge in [0.25, 0.3) is 0 Å². The molecule has 33 heavy (non-hydrogen) atoms. The van der Waals surface area contributed by atoms with E-state index < -0.39 is 14.2 Å². The summed E-state index contributed by atoms with van der Waals surface area (Å²) < 4.78 is 10.6. The molecule has 1 aliphatic rings. The molecule has 3 heterocycles. The van der Waals surface area contributed by atoms with Crippen molar-refractivity contribution in [3.05, 3.63) is 17.8 Å². The zero-order valence-corrected chi connectivity index (χ0v) is 22.6. The average Bonchev–Trinajstić information content (AvgIpc) is 3.12. The number of carbonyl (C=O) groups excluding carboxylic acids is 1. The monoisotopic (exact) mass is 486 g/mol. The van der Waals surface area contributed by atoms with Crippen molar-refractivity contribution in [3.63, 3.8) is 0 Å². The molecular weight excluding hydrogens is 452 g/mol. The number of fused-ring (bicyclic) bond motifs is 1. The molecule has 0 aliphatic carbocycles. The molecule has 178 valence electrons. The Balaban J connectivity index is 2.23. The molecular formula is C24H34N4O3SSi. The number of ether oxygens (including phenoxy) is 2. The Kier molecular flexibility index (Phi) is 8.03. The number of anilines is 1. The number of rotatable bonds is 7. The second-order valence-electron chi connectivity index (χ2n) is 9.33. The zero-order valence-electron chi connectivity index (χ0n) is 20.8. The van der Waals surface area contributed by atoms with Crippen LogP contribution < -0.4 is 4.90 Å². The molecule has 1 unspecified atom stereocenters. The molecule has 2 aromatic rings. The van der Waals surface area contributed by atoms with Gasteiger partial charge in [-0.2, -0.15) is 0 Å². The van der Waals surface area contributed by atoms with Gasteiger partial charge in [-0.05, 0) is 28.9 Å². The third-order valence-electron chi connectivity index (χ3n) is 6.56. The van der Waals surface area contributed by atoms with Gasteiger partial charge in [0.1, 0.15) is 20.5 Å². The summed E-state index contributed by atoms with van der Waals surface area (Å²) in [6.45, 7) is 14.4. The minimum atomic E-state index is -1.96. The molecule has 0 aromatic carbocycles. The first-order valence-corrected chi connectivity index (χ1v) is 14.8. The van der Waals surface area contributed by atoms with Crippen LogP contribution in [-0.4, -0.2) is 61.7 Å². The Bertz CT molecular complexity index is 1060. The first-order valence-electron chi connectivity index (χ1n) is 11.4. The van der Waals surface area contributed by atoms with Crippen molar-refractivity contribution >= 4 is 42.8 Å². The normalized spacial score (nSPS) is 16.6. The number of hydrogen-bond acceptors (Lipinski definition) is 7. The summed E-state index contributed by atoms with van der Waals surface area (Å²) in [5.41, 5.74) is 6.62. The molecule has 1 aliphatic heterocycles. The quantitative estimate of drug-likeness (QED) is 0.228. The van der Waals surface area contributed by atoms with Gasteiger partial charge in [0.05, 0.1) is 18.0 Å². The van der Waals surface area contributed by atoms with Gasteiger partial charge >= 0.3 is 6.09 Å². The number of amides is 1. The number of pyridine rings is 1. The van der Waals surface area contributed by atoms with E-state index in [0.717, 1.165) is 10.9 Å². The van der Waals surface area contributed by atoms with Crippen molar-refractivity contribution in [2.45, 2.75) is 69.4 Å². The van der Waals surface area contributed by atoms with E-state index in [9.17, 15) is 4.79 Å². The number of cyclic esters (lactones) is 1. The molecule has 3 rings (SSSR count). The van der Waals surface area contributed by atoms with Crippen molar-refractivity contribution in [1.82, 2.24) is 15.0 Å². The zero-order chi connectivity index (χ0) is 24.3. The van der Waals surface area contributed by atoms with Gasteiger partial charge in [-0.15, -0.1) is 5.54 Å². The molecule has 2 aromatic heterocycles.